The van der Waals surface area contributed by atoms with Crippen molar-refractivity contribution in [1.29, 1.82) is 5.41 Å². The van der Waals surface area contributed by atoms with E-state index in [1.165, 1.54) is 6.21 Å². The molecule has 4 nitrogen and oxygen atoms in total. The summed E-state index contributed by atoms with van der Waals surface area (Å²) in [5.74, 6) is 0. The number of rotatable bonds is 9. The molecule has 0 unspecified atom stereocenters. The standard InChI is InChI=1S/C38H30N4/c1-3-5-13-27-24-32-37(25-28(27)14-6-4-2)42(31-18-12-15-29(23-31)34-19-10-11-22-40-34)36-21-20-35(33(26-39)38(32)36)41-30-16-8-7-9-17-30/h3-26,39,41H,1-2H2/b13-5-,14-6-,39-26?. The molecule has 0 aliphatic heterocycles. The van der Waals surface area contributed by atoms with E-state index in [2.05, 4.69) is 88.7 Å². The second kappa shape index (κ2) is 11.8. The zero-order valence-corrected chi connectivity index (χ0v) is 23.2. The van der Waals surface area contributed by atoms with Crippen molar-refractivity contribution in [3.8, 4) is 16.9 Å². The van der Waals surface area contributed by atoms with Crippen LogP contribution >= 0.6 is 0 Å². The van der Waals surface area contributed by atoms with Crippen LogP contribution in [0, 0.1) is 5.41 Å². The Kier molecular flexibility index (Phi) is 7.43. The van der Waals surface area contributed by atoms with E-state index in [0.717, 1.165) is 66.8 Å². The molecule has 202 valence electrons. The number of nitrogens with one attached hydrogen (secondary N) is 2. The lowest BCUT2D eigenvalue weighted by atomic mass is 9.99. The predicted molar refractivity (Wildman–Crippen MR) is 180 cm³/mol. The number of aromatic nitrogens is 2. The third-order valence-corrected chi connectivity index (χ3v) is 7.26. The second-order valence-electron chi connectivity index (χ2n) is 9.84. The van der Waals surface area contributed by atoms with E-state index in [0.29, 0.717) is 0 Å². The van der Waals surface area contributed by atoms with Gasteiger partial charge < -0.3 is 15.3 Å². The molecule has 42 heavy (non-hydrogen) atoms. The topological polar surface area (TPSA) is 53.7 Å². The van der Waals surface area contributed by atoms with Crippen LogP contribution in [0.2, 0.25) is 0 Å². The van der Waals surface area contributed by atoms with Crippen molar-refractivity contribution < 1.29 is 0 Å². The van der Waals surface area contributed by atoms with Crippen molar-refractivity contribution in [2.45, 2.75) is 0 Å². The van der Waals surface area contributed by atoms with E-state index < -0.39 is 0 Å². The van der Waals surface area contributed by atoms with Crippen molar-refractivity contribution in [1.82, 2.24) is 9.55 Å². The van der Waals surface area contributed by atoms with Crippen LogP contribution in [0.4, 0.5) is 11.4 Å². The van der Waals surface area contributed by atoms with Gasteiger partial charge in [0.25, 0.3) is 0 Å². The highest BCUT2D eigenvalue weighted by Gasteiger charge is 2.19. The summed E-state index contributed by atoms with van der Waals surface area (Å²) in [5.41, 5.74) is 9.83. The van der Waals surface area contributed by atoms with Gasteiger partial charge in [-0.15, -0.1) is 0 Å². The molecule has 0 fully saturated rings. The van der Waals surface area contributed by atoms with Crippen molar-refractivity contribution in [3.05, 3.63) is 157 Å². The number of benzene rings is 4. The van der Waals surface area contributed by atoms with Crippen LogP contribution in [0.15, 0.2) is 141 Å². The Morgan fingerprint density at radius 2 is 1.50 bits per heavy atom. The third kappa shape index (κ3) is 4.98. The fourth-order valence-corrected chi connectivity index (χ4v) is 5.40. The van der Waals surface area contributed by atoms with Crippen molar-refractivity contribution >= 4 is 51.5 Å². The molecule has 6 rings (SSSR count). The Bertz CT molecular complexity index is 1990. The van der Waals surface area contributed by atoms with E-state index in [1.807, 2.05) is 66.9 Å². The molecule has 0 bridgehead atoms. The van der Waals surface area contributed by atoms with Gasteiger partial charge in [-0.25, -0.2) is 0 Å². The Morgan fingerprint density at radius 1 is 0.738 bits per heavy atom. The highest BCUT2D eigenvalue weighted by atomic mass is 15.0. The van der Waals surface area contributed by atoms with Gasteiger partial charge in [-0.2, -0.15) is 0 Å². The molecule has 0 saturated heterocycles. The molecule has 4 heteroatoms. The minimum absolute atomic E-state index is 0.828. The molecule has 2 N–H and O–H groups in total. The normalized spacial score (nSPS) is 11.4. The quantitative estimate of drug-likeness (QED) is 0.141. The average Bonchev–Trinajstić information content (AvgIpc) is 3.36. The first-order chi connectivity index (χ1) is 20.7. The summed E-state index contributed by atoms with van der Waals surface area (Å²) in [7, 11) is 0. The van der Waals surface area contributed by atoms with Gasteiger partial charge in [0.15, 0.2) is 0 Å². The molecule has 0 spiro atoms. The fourth-order valence-electron chi connectivity index (χ4n) is 5.40. The maximum Gasteiger partial charge on any atom is 0.0702 e. The van der Waals surface area contributed by atoms with Gasteiger partial charge in [0.1, 0.15) is 0 Å². The van der Waals surface area contributed by atoms with Crippen molar-refractivity contribution in [2.75, 3.05) is 5.32 Å². The number of fused-ring (bicyclic) bond motifs is 3. The van der Waals surface area contributed by atoms with E-state index in [4.69, 9.17) is 5.41 Å². The lowest BCUT2D eigenvalue weighted by Crippen LogP contribution is -1.98. The first-order valence-electron chi connectivity index (χ1n) is 13.8. The number of hydrogen-bond acceptors (Lipinski definition) is 3. The van der Waals surface area contributed by atoms with Gasteiger partial charge in [-0.1, -0.05) is 86.0 Å². The van der Waals surface area contributed by atoms with Gasteiger partial charge in [-0.05, 0) is 71.8 Å². The number of para-hydroxylation sites is 1. The Morgan fingerprint density at radius 3 is 2.21 bits per heavy atom. The third-order valence-electron chi connectivity index (χ3n) is 7.26. The molecule has 0 aliphatic rings. The molecule has 4 aromatic carbocycles. The molecular weight excluding hydrogens is 512 g/mol. The zero-order valence-electron chi connectivity index (χ0n) is 23.2. The second-order valence-corrected chi connectivity index (χ2v) is 9.84. The monoisotopic (exact) mass is 542 g/mol. The van der Waals surface area contributed by atoms with E-state index in [9.17, 15) is 0 Å². The Labute approximate surface area is 245 Å². The Hall–Kier alpha value is -5.74. The first kappa shape index (κ1) is 26.5. The van der Waals surface area contributed by atoms with Crippen molar-refractivity contribution in [3.63, 3.8) is 0 Å². The molecule has 0 radical (unpaired) electrons. The maximum absolute atomic E-state index is 8.53. The summed E-state index contributed by atoms with van der Waals surface area (Å²) >= 11 is 0. The molecule has 0 amide bonds. The van der Waals surface area contributed by atoms with Gasteiger partial charge in [0.05, 0.1) is 16.7 Å². The van der Waals surface area contributed by atoms with Crippen LogP contribution in [0.5, 0.6) is 0 Å². The smallest absolute Gasteiger partial charge is 0.0702 e. The number of anilines is 2. The highest BCUT2D eigenvalue weighted by molar-refractivity contribution is 6.19. The maximum atomic E-state index is 8.53. The summed E-state index contributed by atoms with van der Waals surface area (Å²) in [6.07, 6.45) is 14.9. The molecule has 6 aromatic rings. The van der Waals surface area contributed by atoms with E-state index in [1.54, 1.807) is 12.2 Å². The first-order valence-corrected chi connectivity index (χ1v) is 13.8. The van der Waals surface area contributed by atoms with Gasteiger partial charge in [0, 0.05) is 51.4 Å². The summed E-state index contributed by atoms with van der Waals surface area (Å²) in [6.45, 7) is 7.74. The number of nitrogens with zero attached hydrogens (tertiary/aromatic N) is 2. The predicted octanol–water partition coefficient (Wildman–Crippen LogP) is 9.99. The summed E-state index contributed by atoms with van der Waals surface area (Å²) < 4.78 is 2.28. The van der Waals surface area contributed by atoms with Crippen LogP contribution < -0.4 is 5.32 Å². The molecule has 0 saturated carbocycles. The summed E-state index contributed by atoms with van der Waals surface area (Å²) in [4.78, 5) is 4.58. The highest BCUT2D eigenvalue weighted by Crippen LogP contribution is 2.39. The van der Waals surface area contributed by atoms with Crippen LogP contribution in [0.1, 0.15) is 16.7 Å². The minimum Gasteiger partial charge on any atom is -0.355 e. The number of allylic oxidation sites excluding steroid dienone is 4. The number of hydrogen-bond donors (Lipinski definition) is 2. The van der Waals surface area contributed by atoms with Crippen LogP contribution in [-0.2, 0) is 0 Å². The largest absolute Gasteiger partial charge is 0.355 e. The van der Waals surface area contributed by atoms with Gasteiger partial charge in [0.2, 0.25) is 0 Å². The van der Waals surface area contributed by atoms with Gasteiger partial charge >= 0.3 is 0 Å². The summed E-state index contributed by atoms with van der Waals surface area (Å²) in [6, 6.07) is 33.1. The molecule has 0 atom stereocenters. The Balaban J connectivity index is 1.69. The van der Waals surface area contributed by atoms with Crippen LogP contribution in [-0.4, -0.2) is 15.8 Å². The molecule has 2 aromatic heterocycles. The fraction of sp³-hybridized carbons (Fsp3) is 0. The number of pyridine rings is 1. The lowest BCUT2D eigenvalue weighted by Gasteiger charge is -2.13. The average molecular weight is 543 g/mol. The van der Waals surface area contributed by atoms with E-state index in [-0.39, 0.29) is 0 Å². The minimum atomic E-state index is 0.828. The SMILES string of the molecule is C=C/C=C\c1cc2c3c(C=N)c(Nc4ccccc4)ccc3n(-c3cccc(-c4ccccn4)c3)c2cc1/C=C\C=C. The molecular formula is C38H30N4. The van der Waals surface area contributed by atoms with Gasteiger partial charge in [-0.3, -0.25) is 4.98 Å². The molecule has 2 heterocycles. The van der Waals surface area contributed by atoms with E-state index >= 15 is 0 Å². The zero-order chi connectivity index (χ0) is 28.9. The lowest BCUT2D eigenvalue weighted by molar-refractivity contribution is 1.18. The van der Waals surface area contributed by atoms with Crippen molar-refractivity contribution in [2.24, 2.45) is 0 Å². The van der Waals surface area contributed by atoms with Crippen LogP contribution in [0.25, 0.3) is 50.9 Å². The van der Waals surface area contributed by atoms with Crippen LogP contribution in [0.3, 0.4) is 0 Å². The molecule has 0 aliphatic carbocycles. The summed E-state index contributed by atoms with van der Waals surface area (Å²) in [5, 5.41) is 14.1.